The minimum Gasteiger partial charge on any atom is -0.357 e. The molecular weight excluding hydrogens is 464 g/mol. The Labute approximate surface area is 216 Å². The average Bonchev–Trinajstić information content (AvgIpc) is 3.45. The number of H-pyrrole nitrogens is 1. The highest BCUT2D eigenvalue weighted by Gasteiger charge is 2.39. The van der Waals surface area contributed by atoms with E-state index < -0.39 is 6.04 Å². The number of benzene rings is 2. The average molecular weight is 495 g/mol. The Morgan fingerprint density at radius 2 is 1.84 bits per heavy atom. The van der Waals surface area contributed by atoms with Crippen LogP contribution in [-0.4, -0.2) is 51.6 Å². The van der Waals surface area contributed by atoms with Gasteiger partial charge in [-0.3, -0.25) is 24.6 Å². The third-order valence-corrected chi connectivity index (χ3v) is 7.91. The van der Waals surface area contributed by atoms with E-state index in [1.165, 1.54) is 22.2 Å². The van der Waals surface area contributed by atoms with E-state index in [-0.39, 0.29) is 24.1 Å². The van der Waals surface area contributed by atoms with Gasteiger partial charge in [0.1, 0.15) is 6.04 Å². The number of aromatic amines is 1. The van der Waals surface area contributed by atoms with Gasteiger partial charge in [-0.1, -0.05) is 30.0 Å². The Bertz CT molecular complexity index is 1470. The zero-order valence-corrected chi connectivity index (χ0v) is 21.0. The number of fused-ring (bicyclic) bond motifs is 2. The lowest BCUT2D eigenvalue weighted by molar-refractivity contribution is -0.136. The Morgan fingerprint density at radius 1 is 1.03 bits per heavy atom. The first-order chi connectivity index (χ1) is 18.0. The summed E-state index contributed by atoms with van der Waals surface area (Å²) in [6.45, 7) is 5.42. The number of carbonyl (C=O) groups excluding carboxylic acids is 3. The molecule has 7 heteroatoms. The minimum atomic E-state index is -0.607. The van der Waals surface area contributed by atoms with Crippen molar-refractivity contribution >= 4 is 28.6 Å². The molecule has 0 aliphatic carbocycles. The summed E-state index contributed by atoms with van der Waals surface area (Å²) in [7, 11) is 0. The van der Waals surface area contributed by atoms with Crippen LogP contribution < -0.4 is 5.32 Å². The number of piperidine rings is 2. The maximum Gasteiger partial charge on any atom is 0.255 e. The Hall–Kier alpha value is -3.89. The molecular formula is C30H30N4O3. The Kier molecular flexibility index (Phi) is 6.05. The molecule has 3 aliphatic rings. The van der Waals surface area contributed by atoms with E-state index in [0.29, 0.717) is 24.4 Å². The molecule has 2 fully saturated rings. The summed E-state index contributed by atoms with van der Waals surface area (Å²) in [5.41, 5.74) is 6.09. The molecule has 0 bridgehead atoms. The fourth-order valence-electron chi connectivity index (χ4n) is 5.81. The Morgan fingerprint density at radius 3 is 2.62 bits per heavy atom. The van der Waals surface area contributed by atoms with Gasteiger partial charge in [0.2, 0.25) is 11.8 Å². The second kappa shape index (κ2) is 9.53. The second-order valence-electron chi connectivity index (χ2n) is 10.4. The van der Waals surface area contributed by atoms with Crippen LogP contribution in [0.1, 0.15) is 58.4 Å². The first kappa shape index (κ1) is 23.5. The number of amides is 3. The number of aryl methyl sites for hydroxylation is 1. The number of likely N-dealkylation sites (tertiary alicyclic amines) is 1. The smallest absolute Gasteiger partial charge is 0.255 e. The summed E-state index contributed by atoms with van der Waals surface area (Å²) in [4.78, 5) is 44.5. The SMILES string of the molecule is Cc1cccc2[nH]c(CN3CCC(C#Cc4cccc5c4CN(C4CCC(=O)NC4=O)C5=O)CC3)cc12. The minimum absolute atomic E-state index is 0.159. The number of imide groups is 1. The lowest BCUT2D eigenvalue weighted by Gasteiger charge is -2.29. The van der Waals surface area contributed by atoms with Crippen LogP contribution in [0.15, 0.2) is 42.5 Å². The molecule has 7 nitrogen and oxygen atoms in total. The standard InChI is InChI=1S/C30H30N4O3/c1-19-4-2-7-26-24(19)16-22(31-26)17-33-14-12-20(13-15-33)8-9-21-5-3-6-23-25(21)18-34(30(23)37)27-10-11-28(35)32-29(27)36/h2-7,16,20,27,31H,10-15,17-18H2,1H3,(H,32,35,36). The Balaban J connectivity index is 1.10. The molecule has 2 N–H and O–H groups in total. The molecule has 3 aromatic rings. The maximum atomic E-state index is 13.0. The van der Waals surface area contributed by atoms with Crippen LogP contribution in [-0.2, 0) is 22.7 Å². The fourth-order valence-corrected chi connectivity index (χ4v) is 5.81. The highest BCUT2D eigenvalue weighted by molar-refractivity contribution is 6.05. The largest absolute Gasteiger partial charge is 0.357 e. The molecule has 188 valence electrons. The number of hydrogen-bond acceptors (Lipinski definition) is 4. The summed E-state index contributed by atoms with van der Waals surface area (Å²) in [6, 6.07) is 13.7. The molecule has 2 aromatic carbocycles. The summed E-state index contributed by atoms with van der Waals surface area (Å²) >= 11 is 0. The summed E-state index contributed by atoms with van der Waals surface area (Å²) < 4.78 is 0. The fraction of sp³-hybridized carbons (Fsp3) is 0.367. The number of nitrogens with zero attached hydrogens (tertiary/aromatic N) is 2. The molecule has 37 heavy (non-hydrogen) atoms. The highest BCUT2D eigenvalue weighted by Crippen LogP contribution is 2.30. The van der Waals surface area contributed by atoms with Gasteiger partial charge in [-0.25, -0.2) is 0 Å². The van der Waals surface area contributed by atoms with E-state index in [9.17, 15) is 14.4 Å². The molecule has 1 unspecified atom stereocenters. The zero-order valence-electron chi connectivity index (χ0n) is 21.0. The van der Waals surface area contributed by atoms with E-state index in [0.717, 1.165) is 43.6 Å². The lowest BCUT2D eigenvalue weighted by Crippen LogP contribution is -2.52. The van der Waals surface area contributed by atoms with Crippen LogP contribution in [0.4, 0.5) is 0 Å². The van der Waals surface area contributed by atoms with Gasteiger partial charge in [-0.15, -0.1) is 0 Å². The number of nitrogens with one attached hydrogen (secondary N) is 2. The number of rotatable bonds is 3. The number of carbonyl (C=O) groups is 3. The van der Waals surface area contributed by atoms with Gasteiger partial charge in [0, 0.05) is 53.2 Å². The van der Waals surface area contributed by atoms with Crippen LogP contribution in [0, 0.1) is 24.7 Å². The summed E-state index contributed by atoms with van der Waals surface area (Å²) in [5, 5.41) is 3.65. The predicted molar refractivity (Wildman–Crippen MR) is 140 cm³/mol. The molecule has 1 atom stereocenters. The van der Waals surface area contributed by atoms with Crippen molar-refractivity contribution < 1.29 is 14.4 Å². The predicted octanol–water partition coefficient (Wildman–Crippen LogP) is 3.50. The molecule has 1 aromatic heterocycles. The van der Waals surface area contributed by atoms with Crippen molar-refractivity contribution in [1.82, 2.24) is 20.1 Å². The monoisotopic (exact) mass is 494 g/mol. The third-order valence-electron chi connectivity index (χ3n) is 7.91. The molecule has 3 amide bonds. The van der Waals surface area contributed by atoms with Crippen molar-refractivity contribution in [3.05, 3.63) is 70.4 Å². The zero-order chi connectivity index (χ0) is 25.5. The topological polar surface area (TPSA) is 85.5 Å². The van der Waals surface area contributed by atoms with Gasteiger partial charge in [-0.05, 0) is 74.7 Å². The van der Waals surface area contributed by atoms with Crippen LogP contribution >= 0.6 is 0 Å². The van der Waals surface area contributed by atoms with E-state index in [4.69, 9.17) is 0 Å². The maximum absolute atomic E-state index is 13.0. The van der Waals surface area contributed by atoms with Gasteiger partial charge in [-0.2, -0.15) is 0 Å². The van der Waals surface area contributed by atoms with E-state index >= 15 is 0 Å². The van der Waals surface area contributed by atoms with Gasteiger partial charge in [0.05, 0.1) is 0 Å². The molecule has 0 saturated carbocycles. The molecule has 6 rings (SSSR count). The first-order valence-electron chi connectivity index (χ1n) is 13.0. The van der Waals surface area contributed by atoms with Crippen LogP contribution in [0.25, 0.3) is 10.9 Å². The molecule has 2 saturated heterocycles. The summed E-state index contributed by atoms with van der Waals surface area (Å²) in [5.74, 6) is 6.32. The van der Waals surface area contributed by atoms with Crippen LogP contribution in [0.3, 0.4) is 0 Å². The van der Waals surface area contributed by atoms with E-state index in [1.807, 2.05) is 12.1 Å². The van der Waals surface area contributed by atoms with Gasteiger partial charge < -0.3 is 9.88 Å². The molecule has 4 heterocycles. The van der Waals surface area contributed by atoms with Crippen LogP contribution in [0.2, 0.25) is 0 Å². The molecule has 3 aliphatic heterocycles. The van der Waals surface area contributed by atoms with Crippen molar-refractivity contribution in [3.63, 3.8) is 0 Å². The molecule has 0 spiro atoms. The van der Waals surface area contributed by atoms with Gasteiger partial charge >= 0.3 is 0 Å². The van der Waals surface area contributed by atoms with E-state index in [1.54, 1.807) is 11.0 Å². The van der Waals surface area contributed by atoms with Gasteiger partial charge in [0.15, 0.2) is 0 Å². The van der Waals surface area contributed by atoms with Crippen molar-refractivity contribution in [2.75, 3.05) is 13.1 Å². The number of aromatic nitrogens is 1. The van der Waals surface area contributed by atoms with Gasteiger partial charge in [0.25, 0.3) is 5.91 Å². The normalized spacial score (nSPS) is 20.6. The van der Waals surface area contributed by atoms with E-state index in [2.05, 4.69) is 58.2 Å². The summed E-state index contributed by atoms with van der Waals surface area (Å²) in [6.07, 6.45) is 2.65. The van der Waals surface area contributed by atoms with Crippen molar-refractivity contribution in [3.8, 4) is 11.8 Å². The third kappa shape index (κ3) is 4.54. The highest BCUT2D eigenvalue weighted by atomic mass is 16.2. The van der Waals surface area contributed by atoms with Crippen molar-refractivity contribution in [2.24, 2.45) is 5.92 Å². The quantitative estimate of drug-likeness (QED) is 0.431. The lowest BCUT2D eigenvalue weighted by atomic mass is 9.96. The van der Waals surface area contributed by atoms with Crippen molar-refractivity contribution in [1.29, 1.82) is 0 Å². The van der Waals surface area contributed by atoms with Crippen molar-refractivity contribution in [2.45, 2.75) is 51.7 Å². The second-order valence-corrected chi connectivity index (χ2v) is 10.4. The molecule has 0 radical (unpaired) electrons. The first-order valence-corrected chi connectivity index (χ1v) is 13.0. The van der Waals surface area contributed by atoms with Crippen LogP contribution in [0.5, 0.6) is 0 Å². The number of hydrogen-bond donors (Lipinski definition) is 2.